The molecule has 0 spiro atoms. The van der Waals surface area contributed by atoms with Gasteiger partial charge < -0.3 is 20.4 Å². The van der Waals surface area contributed by atoms with E-state index < -0.39 is 29.0 Å². The zero-order chi connectivity index (χ0) is 29.2. The van der Waals surface area contributed by atoms with Gasteiger partial charge in [-0.2, -0.15) is 5.10 Å². The first-order valence-electron chi connectivity index (χ1n) is 13.2. The minimum absolute atomic E-state index is 0.203. The van der Waals surface area contributed by atoms with Crippen LogP contribution in [-0.4, -0.2) is 70.1 Å². The third-order valence-corrected chi connectivity index (χ3v) is 7.11. The Hall–Kier alpha value is -5.23. The second-order valence-electron chi connectivity index (χ2n) is 10.0. The molecule has 0 unspecified atom stereocenters. The second kappa shape index (κ2) is 11.3. The zero-order valence-corrected chi connectivity index (χ0v) is 22.6. The fourth-order valence-corrected chi connectivity index (χ4v) is 4.78. The molecule has 4 heterocycles. The molecule has 1 saturated heterocycles. The summed E-state index contributed by atoms with van der Waals surface area (Å²) >= 11 is 0. The molecule has 0 atom stereocenters. The predicted octanol–water partition coefficient (Wildman–Crippen LogP) is 4.55. The first kappa shape index (κ1) is 27.0. The normalized spacial score (nSPS) is 13.7. The first-order valence-corrected chi connectivity index (χ1v) is 13.2. The molecule has 3 aromatic heterocycles. The molecule has 6 rings (SSSR count). The Bertz CT molecular complexity index is 1780. The van der Waals surface area contributed by atoms with Gasteiger partial charge in [0.1, 0.15) is 17.5 Å². The van der Waals surface area contributed by atoms with Gasteiger partial charge in [0.2, 0.25) is 0 Å². The molecule has 10 nitrogen and oxygen atoms in total. The van der Waals surface area contributed by atoms with Crippen LogP contribution in [0, 0.1) is 11.6 Å². The van der Waals surface area contributed by atoms with Crippen LogP contribution in [-0.2, 0) is 0 Å². The standard InChI is InChI=1S/C30H26F2N8O2/c1-39-8-10-40(11-9-39)27-7-4-21(17-34-27)35-30(42)28-24-13-18(2-6-26(24)37-38-28)19-12-22(16-33-15-19)36-29(41)23-14-20(31)3-5-25(23)32/h2-7,12-17H,8-11H2,1H3,(H,35,42)(H,36,41)(H,37,38). The van der Waals surface area contributed by atoms with Crippen molar-refractivity contribution in [3.63, 3.8) is 0 Å². The molecular formula is C30H26F2N8O2. The zero-order valence-electron chi connectivity index (χ0n) is 22.6. The number of carbonyl (C=O) groups excluding carboxylic acids is 2. The van der Waals surface area contributed by atoms with E-state index >= 15 is 0 Å². The molecule has 212 valence electrons. The van der Waals surface area contributed by atoms with Gasteiger partial charge in [0, 0.05) is 43.3 Å². The van der Waals surface area contributed by atoms with Crippen LogP contribution in [0.2, 0.25) is 0 Å². The Labute approximate surface area is 239 Å². The summed E-state index contributed by atoms with van der Waals surface area (Å²) in [6.45, 7) is 3.73. The minimum atomic E-state index is -0.837. The Morgan fingerprint density at radius 1 is 0.833 bits per heavy atom. The number of aromatic amines is 1. The molecule has 0 bridgehead atoms. The minimum Gasteiger partial charge on any atom is -0.354 e. The molecule has 0 radical (unpaired) electrons. The molecular weight excluding hydrogens is 542 g/mol. The Morgan fingerprint density at radius 3 is 2.43 bits per heavy atom. The van der Waals surface area contributed by atoms with E-state index in [9.17, 15) is 18.4 Å². The number of benzene rings is 2. The van der Waals surface area contributed by atoms with Gasteiger partial charge in [-0.3, -0.25) is 19.7 Å². The summed E-state index contributed by atoms with van der Waals surface area (Å²) in [7, 11) is 2.10. The summed E-state index contributed by atoms with van der Waals surface area (Å²) in [4.78, 5) is 38.9. The number of anilines is 3. The number of nitrogens with zero attached hydrogens (tertiary/aromatic N) is 5. The van der Waals surface area contributed by atoms with Crippen LogP contribution in [0.1, 0.15) is 20.8 Å². The topological polar surface area (TPSA) is 119 Å². The summed E-state index contributed by atoms with van der Waals surface area (Å²) in [6.07, 6.45) is 4.62. The molecule has 3 N–H and O–H groups in total. The molecule has 1 aliphatic heterocycles. The highest BCUT2D eigenvalue weighted by atomic mass is 19.1. The molecule has 0 saturated carbocycles. The van der Waals surface area contributed by atoms with Crippen molar-refractivity contribution in [2.75, 3.05) is 48.8 Å². The van der Waals surface area contributed by atoms with Gasteiger partial charge in [0.05, 0.1) is 34.8 Å². The van der Waals surface area contributed by atoms with Crippen LogP contribution in [0.25, 0.3) is 22.0 Å². The van der Waals surface area contributed by atoms with E-state index in [0.29, 0.717) is 33.4 Å². The number of aromatic nitrogens is 4. The van der Waals surface area contributed by atoms with Crippen molar-refractivity contribution in [3.8, 4) is 11.1 Å². The fourth-order valence-electron chi connectivity index (χ4n) is 4.78. The van der Waals surface area contributed by atoms with Crippen molar-refractivity contribution in [2.45, 2.75) is 0 Å². The summed E-state index contributed by atoms with van der Waals surface area (Å²) in [5.74, 6) is -1.90. The maximum Gasteiger partial charge on any atom is 0.276 e. The Morgan fingerprint density at radius 2 is 1.64 bits per heavy atom. The van der Waals surface area contributed by atoms with Crippen LogP contribution in [0.15, 0.2) is 73.2 Å². The van der Waals surface area contributed by atoms with Gasteiger partial charge in [-0.15, -0.1) is 0 Å². The molecule has 2 aromatic carbocycles. The van der Waals surface area contributed by atoms with Gasteiger partial charge >= 0.3 is 0 Å². The van der Waals surface area contributed by atoms with Gasteiger partial charge in [-0.25, -0.2) is 13.8 Å². The number of hydrogen-bond acceptors (Lipinski definition) is 7. The van der Waals surface area contributed by atoms with Gasteiger partial charge in [-0.1, -0.05) is 6.07 Å². The van der Waals surface area contributed by atoms with E-state index in [1.165, 1.54) is 6.20 Å². The van der Waals surface area contributed by atoms with Gasteiger partial charge in [0.15, 0.2) is 5.69 Å². The van der Waals surface area contributed by atoms with Crippen molar-refractivity contribution >= 4 is 39.9 Å². The molecule has 42 heavy (non-hydrogen) atoms. The summed E-state index contributed by atoms with van der Waals surface area (Å²) < 4.78 is 27.6. The first-order chi connectivity index (χ1) is 20.3. The average Bonchev–Trinajstić information content (AvgIpc) is 3.43. The van der Waals surface area contributed by atoms with E-state index in [2.05, 4.69) is 47.6 Å². The van der Waals surface area contributed by atoms with E-state index in [-0.39, 0.29) is 5.69 Å². The van der Waals surface area contributed by atoms with Gasteiger partial charge in [0.25, 0.3) is 11.8 Å². The van der Waals surface area contributed by atoms with Crippen molar-refractivity contribution in [1.29, 1.82) is 0 Å². The Kier molecular flexibility index (Phi) is 7.28. The van der Waals surface area contributed by atoms with E-state index in [1.54, 1.807) is 30.6 Å². The molecule has 5 aromatic rings. The number of halogens is 2. The van der Waals surface area contributed by atoms with Crippen molar-refractivity contribution in [2.24, 2.45) is 0 Å². The molecule has 12 heteroatoms. The molecule has 2 amide bonds. The van der Waals surface area contributed by atoms with Crippen molar-refractivity contribution in [3.05, 3.63) is 96.1 Å². The monoisotopic (exact) mass is 568 g/mol. The van der Waals surface area contributed by atoms with Crippen LogP contribution in [0.5, 0.6) is 0 Å². The quantitative estimate of drug-likeness (QED) is 0.275. The third kappa shape index (κ3) is 5.65. The number of likely N-dealkylation sites (N-methyl/N-ethyl adjacent to an activating group) is 1. The summed E-state index contributed by atoms with van der Waals surface area (Å²) in [5.41, 5.74) is 2.62. The highest BCUT2D eigenvalue weighted by molar-refractivity contribution is 6.11. The number of hydrogen-bond donors (Lipinski definition) is 3. The third-order valence-electron chi connectivity index (χ3n) is 7.11. The van der Waals surface area contributed by atoms with Crippen LogP contribution < -0.4 is 15.5 Å². The molecule has 0 aliphatic carbocycles. The highest BCUT2D eigenvalue weighted by Gasteiger charge is 2.18. The predicted molar refractivity (Wildman–Crippen MR) is 156 cm³/mol. The SMILES string of the molecule is CN1CCN(c2ccc(NC(=O)c3n[nH]c4ccc(-c5cncc(NC(=O)c6cc(F)ccc6F)c5)cc34)cn2)CC1. The van der Waals surface area contributed by atoms with E-state index in [0.717, 1.165) is 50.2 Å². The van der Waals surface area contributed by atoms with Gasteiger partial charge in [-0.05, 0) is 61.1 Å². The number of amides is 2. The number of piperazine rings is 1. The van der Waals surface area contributed by atoms with Crippen LogP contribution >= 0.6 is 0 Å². The number of nitrogens with one attached hydrogen (secondary N) is 3. The largest absolute Gasteiger partial charge is 0.354 e. The number of rotatable bonds is 6. The van der Waals surface area contributed by atoms with Crippen LogP contribution in [0.3, 0.4) is 0 Å². The lowest BCUT2D eigenvalue weighted by Crippen LogP contribution is -2.44. The lowest BCUT2D eigenvalue weighted by molar-refractivity contribution is 0.101. The number of pyridine rings is 2. The maximum absolute atomic E-state index is 14.0. The number of carbonyl (C=O) groups is 2. The smallest absolute Gasteiger partial charge is 0.276 e. The second-order valence-corrected chi connectivity index (χ2v) is 10.0. The van der Waals surface area contributed by atoms with E-state index in [1.807, 2.05) is 18.2 Å². The number of H-pyrrole nitrogens is 1. The van der Waals surface area contributed by atoms with Crippen molar-refractivity contribution < 1.29 is 18.4 Å². The lowest BCUT2D eigenvalue weighted by Gasteiger charge is -2.33. The van der Waals surface area contributed by atoms with Crippen molar-refractivity contribution in [1.82, 2.24) is 25.1 Å². The fraction of sp³-hybridized carbons (Fsp3) is 0.167. The van der Waals surface area contributed by atoms with Crippen LogP contribution in [0.4, 0.5) is 26.0 Å². The molecule has 1 fully saturated rings. The summed E-state index contributed by atoms with van der Waals surface area (Å²) in [6, 6.07) is 13.4. The lowest BCUT2D eigenvalue weighted by atomic mass is 10.0. The Balaban J connectivity index is 1.19. The van der Waals surface area contributed by atoms with E-state index in [4.69, 9.17) is 0 Å². The average molecular weight is 569 g/mol. The summed E-state index contributed by atoms with van der Waals surface area (Å²) in [5, 5.41) is 13.1. The molecule has 1 aliphatic rings. The maximum atomic E-state index is 14.0. The highest BCUT2D eigenvalue weighted by Crippen LogP contribution is 2.27. The number of fused-ring (bicyclic) bond motifs is 1.